The van der Waals surface area contributed by atoms with Gasteiger partial charge in [-0.2, -0.15) is 0 Å². The van der Waals surface area contributed by atoms with Crippen LogP contribution in [0.2, 0.25) is 0 Å². The van der Waals surface area contributed by atoms with Gasteiger partial charge in [-0.1, -0.05) is 24.3 Å². The fourth-order valence-electron chi connectivity index (χ4n) is 3.05. The molecule has 8 heteroatoms. The minimum Gasteiger partial charge on any atom is -0.494 e. The highest BCUT2D eigenvalue weighted by Gasteiger charge is 2.35. The molecule has 0 saturated heterocycles. The molecule has 0 unspecified atom stereocenters. The lowest BCUT2D eigenvalue weighted by atomic mass is 10.1. The average molecular weight is 404 g/mol. The molecule has 0 aliphatic carbocycles. The number of benzene rings is 2. The first kappa shape index (κ1) is 20.0. The van der Waals surface area contributed by atoms with Crippen LogP contribution >= 0.6 is 0 Å². The number of nitrogens with one attached hydrogen (secondary N) is 1. The number of aryl methyl sites for hydroxylation is 1. The van der Waals surface area contributed by atoms with Crippen LogP contribution in [-0.4, -0.2) is 39.8 Å². The Morgan fingerprint density at radius 2 is 2.04 bits per heavy atom. The summed E-state index contributed by atoms with van der Waals surface area (Å²) >= 11 is 0. The summed E-state index contributed by atoms with van der Waals surface area (Å²) in [5.41, 5.74) is 2.20. The van der Waals surface area contributed by atoms with Gasteiger partial charge < -0.3 is 14.8 Å². The number of fused-ring (bicyclic) bond motifs is 1. The van der Waals surface area contributed by atoms with E-state index in [1.54, 1.807) is 12.1 Å². The third kappa shape index (κ3) is 4.39. The molecule has 1 aliphatic heterocycles. The van der Waals surface area contributed by atoms with Crippen LogP contribution in [0.5, 0.6) is 11.5 Å². The van der Waals surface area contributed by atoms with Crippen LogP contribution in [0.25, 0.3) is 0 Å². The van der Waals surface area contributed by atoms with Crippen LogP contribution in [0.3, 0.4) is 0 Å². The van der Waals surface area contributed by atoms with Crippen LogP contribution in [-0.2, 0) is 21.4 Å². The molecular formula is C20H24N2O5S. The summed E-state index contributed by atoms with van der Waals surface area (Å²) in [6, 6.07) is 12.7. The zero-order valence-electron chi connectivity index (χ0n) is 16.1. The number of nitrogens with zero attached hydrogens (tertiary/aromatic N) is 1. The number of hydrogen-bond donors (Lipinski definition) is 1. The van der Waals surface area contributed by atoms with Crippen LogP contribution in [0.1, 0.15) is 18.1 Å². The van der Waals surface area contributed by atoms with Crippen LogP contribution in [0, 0.1) is 6.92 Å². The Labute approximate surface area is 165 Å². The monoisotopic (exact) mass is 404 g/mol. The molecule has 1 heterocycles. The van der Waals surface area contributed by atoms with Gasteiger partial charge in [-0.05, 0) is 37.6 Å². The molecule has 3 rings (SSSR count). The molecule has 150 valence electrons. The number of carbonyl (C=O) groups is 1. The van der Waals surface area contributed by atoms with Gasteiger partial charge in [-0.15, -0.1) is 0 Å². The Balaban J connectivity index is 1.77. The first-order valence-electron chi connectivity index (χ1n) is 9.03. The predicted octanol–water partition coefficient (Wildman–Crippen LogP) is 2.24. The lowest BCUT2D eigenvalue weighted by molar-refractivity contribution is -0.127. The molecular weight excluding hydrogens is 380 g/mol. The summed E-state index contributed by atoms with van der Waals surface area (Å²) in [4.78, 5) is 12.7. The minimum absolute atomic E-state index is 0.0752. The molecule has 1 atom stereocenters. The summed E-state index contributed by atoms with van der Waals surface area (Å²) in [6.07, 6.45) is 0.182. The fraction of sp³-hybridized carbons (Fsp3) is 0.350. The lowest BCUT2D eigenvalue weighted by Gasteiger charge is -2.34. The van der Waals surface area contributed by atoms with Crippen molar-refractivity contribution < 1.29 is 22.7 Å². The van der Waals surface area contributed by atoms with Gasteiger partial charge in [-0.3, -0.25) is 9.10 Å². The van der Waals surface area contributed by atoms with E-state index >= 15 is 0 Å². The van der Waals surface area contributed by atoms with Crippen LogP contribution in [0.15, 0.2) is 42.5 Å². The lowest BCUT2D eigenvalue weighted by Crippen LogP contribution is -2.50. The van der Waals surface area contributed by atoms with Gasteiger partial charge >= 0.3 is 0 Å². The van der Waals surface area contributed by atoms with E-state index in [9.17, 15) is 13.2 Å². The topological polar surface area (TPSA) is 84.9 Å². The maximum Gasteiger partial charge on any atom is 0.263 e. The highest BCUT2D eigenvalue weighted by Crippen LogP contribution is 2.35. The number of carbonyl (C=O) groups excluding carboxylic acids is 1. The predicted molar refractivity (Wildman–Crippen MR) is 107 cm³/mol. The van der Waals surface area contributed by atoms with Gasteiger partial charge in [-0.25, -0.2) is 8.42 Å². The summed E-state index contributed by atoms with van der Waals surface area (Å²) in [5, 5.41) is 2.82. The van der Waals surface area contributed by atoms with Gasteiger partial charge in [0.1, 0.15) is 11.5 Å². The highest BCUT2D eigenvalue weighted by atomic mass is 32.2. The van der Waals surface area contributed by atoms with Crippen molar-refractivity contribution in [1.29, 1.82) is 0 Å². The van der Waals surface area contributed by atoms with Crippen molar-refractivity contribution in [2.24, 2.45) is 0 Å². The van der Waals surface area contributed by atoms with Gasteiger partial charge in [0.2, 0.25) is 10.0 Å². The van der Waals surface area contributed by atoms with E-state index in [1.807, 2.05) is 44.2 Å². The molecule has 2 aromatic rings. The summed E-state index contributed by atoms with van der Waals surface area (Å²) in [7, 11) is -3.55. The molecule has 0 bridgehead atoms. The van der Waals surface area contributed by atoms with Crippen LogP contribution < -0.4 is 19.1 Å². The Kier molecular flexibility index (Phi) is 5.79. The molecule has 7 nitrogen and oxygen atoms in total. The molecule has 2 aromatic carbocycles. The molecule has 0 aromatic heterocycles. The first-order chi connectivity index (χ1) is 13.3. The molecule has 1 amide bonds. The van der Waals surface area contributed by atoms with Crippen molar-refractivity contribution in [3.8, 4) is 11.5 Å². The second kappa shape index (κ2) is 8.10. The standard InChI is InChI=1S/C20H24N2O5S/c1-4-26-17-8-6-5-7-15(17)12-21-20(23)19-13-22(28(3,24)25)16-11-14(2)9-10-18(16)27-19/h5-11,19H,4,12-13H2,1-3H3,(H,21,23)/t19-/m0/s1. The van der Waals surface area contributed by atoms with Crippen molar-refractivity contribution in [3.05, 3.63) is 53.6 Å². The Hall–Kier alpha value is -2.74. The molecule has 1 aliphatic rings. The van der Waals surface area contributed by atoms with Crippen molar-refractivity contribution in [3.63, 3.8) is 0 Å². The molecule has 0 saturated carbocycles. The molecule has 28 heavy (non-hydrogen) atoms. The van der Waals surface area contributed by atoms with Gasteiger partial charge in [0.25, 0.3) is 5.91 Å². The summed E-state index contributed by atoms with van der Waals surface area (Å²) < 4.78 is 37.1. The van der Waals surface area contributed by atoms with Crippen molar-refractivity contribution in [2.75, 3.05) is 23.7 Å². The van der Waals surface area contributed by atoms with E-state index in [4.69, 9.17) is 9.47 Å². The van der Waals surface area contributed by atoms with E-state index in [0.29, 0.717) is 23.8 Å². The average Bonchev–Trinajstić information content (AvgIpc) is 2.65. The van der Waals surface area contributed by atoms with Crippen LogP contribution in [0.4, 0.5) is 5.69 Å². The number of ether oxygens (including phenoxy) is 2. The Morgan fingerprint density at radius 1 is 1.29 bits per heavy atom. The SMILES string of the molecule is CCOc1ccccc1CNC(=O)[C@@H]1CN(S(C)(=O)=O)c2cc(C)ccc2O1. The third-order valence-corrected chi connectivity index (χ3v) is 5.55. The molecule has 0 radical (unpaired) electrons. The maximum absolute atomic E-state index is 12.7. The summed E-state index contributed by atoms with van der Waals surface area (Å²) in [6.45, 7) is 4.47. The second-order valence-corrected chi connectivity index (χ2v) is 8.54. The number of para-hydroxylation sites is 1. The van der Waals surface area contributed by atoms with E-state index in [1.165, 1.54) is 4.31 Å². The van der Waals surface area contributed by atoms with Gasteiger partial charge in [0.05, 0.1) is 25.1 Å². The number of hydrogen-bond acceptors (Lipinski definition) is 5. The number of rotatable bonds is 6. The van der Waals surface area contributed by atoms with E-state index in [-0.39, 0.29) is 19.0 Å². The van der Waals surface area contributed by atoms with Crippen molar-refractivity contribution in [1.82, 2.24) is 5.32 Å². The zero-order valence-corrected chi connectivity index (χ0v) is 17.0. The molecule has 0 fully saturated rings. The quantitative estimate of drug-likeness (QED) is 0.798. The van der Waals surface area contributed by atoms with Crippen molar-refractivity contribution >= 4 is 21.6 Å². The van der Waals surface area contributed by atoms with E-state index in [0.717, 1.165) is 17.4 Å². The largest absolute Gasteiger partial charge is 0.494 e. The maximum atomic E-state index is 12.7. The second-order valence-electron chi connectivity index (χ2n) is 6.63. The Bertz CT molecular complexity index is 974. The first-order valence-corrected chi connectivity index (χ1v) is 10.9. The number of amides is 1. The van der Waals surface area contributed by atoms with Gasteiger partial charge in [0, 0.05) is 12.1 Å². The van der Waals surface area contributed by atoms with E-state index < -0.39 is 16.1 Å². The normalized spacial score (nSPS) is 16.1. The highest BCUT2D eigenvalue weighted by molar-refractivity contribution is 7.92. The van der Waals surface area contributed by atoms with Crippen molar-refractivity contribution in [2.45, 2.75) is 26.5 Å². The summed E-state index contributed by atoms with van der Waals surface area (Å²) in [5.74, 6) is 0.691. The fourth-order valence-corrected chi connectivity index (χ4v) is 3.96. The molecule has 0 spiro atoms. The minimum atomic E-state index is -3.55. The third-order valence-electron chi connectivity index (χ3n) is 4.40. The zero-order chi connectivity index (χ0) is 20.3. The smallest absolute Gasteiger partial charge is 0.263 e. The van der Waals surface area contributed by atoms with Gasteiger partial charge in [0.15, 0.2) is 6.10 Å². The number of sulfonamides is 1. The van der Waals surface area contributed by atoms with E-state index in [2.05, 4.69) is 5.32 Å². The number of anilines is 1. The Morgan fingerprint density at radius 3 is 2.75 bits per heavy atom. The molecule has 1 N–H and O–H groups in total.